The maximum Gasteiger partial charge on any atom is 0.260 e. The van der Waals surface area contributed by atoms with Gasteiger partial charge >= 0.3 is 0 Å². The van der Waals surface area contributed by atoms with Crippen molar-refractivity contribution in [2.45, 2.75) is 50.2 Å². The first kappa shape index (κ1) is 25.9. The van der Waals surface area contributed by atoms with Crippen molar-refractivity contribution >= 4 is 10.0 Å². The molecule has 1 unspecified atom stereocenters. The zero-order chi connectivity index (χ0) is 26.3. The minimum absolute atomic E-state index is 0.0256. The summed E-state index contributed by atoms with van der Waals surface area (Å²) in [6.45, 7) is 7.65. The summed E-state index contributed by atoms with van der Waals surface area (Å²) in [5.74, 6) is 0.785. The zero-order valence-corrected chi connectivity index (χ0v) is 22.8. The average molecular weight is 521 g/mol. The summed E-state index contributed by atoms with van der Waals surface area (Å²) >= 11 is 0. The molecular weight excluding hydrogens is 484 g/mol. The minimum atomic E-state index is -3.73. The normalized spacial score (nSPS) is 23.6. The molecule has 3 heterocycles. The molecule has 0 spiro atoms. The highest BCUT2D eigenvalue weighted by molar-refractivity contribution is 7.89. The summed E-state index contributed by atoms with van der Waals surface area (Å²) in [6, 6.07) is 14.9. The van der Waals surface area contributed by atoms with E-state index in [1.54, 1.807) is 15.9 Å². The number of benzene rings is 2. The van der Waals surface area contributed by atoms with Crippen molar-refractivity contribution in [1.82, 2.24) is 18.8 Å². The van der Waals surface area contributed by atoms with Crippen molar-refractivity contribution in [3.8, 4) is 11.1 Å². The van der Waals surface area contributed by atoms with Gasteiger partial charge in [0.05, 0.1) is 12.8 Å². The molecule has 1 aromatic heterocycles. The highest BCUT2D eigenvalue weighted by Gasteiger charge is 2.50. The molecule has 5 rings (SSSR count). The number of rotatable bonds is 6. The van der Waals surface area contributed by atoms with Gasteiger partial charge in [-0.3, -0.25) is 4.90 Å². The molecule has 1 N–H and O–H groups in total. The number of hydrogen-bond donors (Lipinski definition) is 1. The van der Waals surface area contributed by atoms with Crippen LogP contribution in [0.25, 0.3) is 11.1 Å². The maximum atomic E-state index is 13.7. The molecule has 1 saturated heterocycles. The molecule has 1 fully saturated rings. The van der Waals surface area contributed by atoms with Crippen molar-refractivity contribution in [1.29, 1.82) is 0 Å². The maximum absolute atomic E-state index is 13.7. The average Bonchev–Trinajstić information content (AvgIpc) is 3.26. The van der Waals surface area contributed by atoms with Crippen molar-refractivity contribution in [3.63, 3.8) is 0 Å². The van der Waals surface area contributed by atoms with Gasteiger partial charge < -0.3 is 9.67 Å². The standard InChI is InChI=1S/C29H36N4O3S/c1-5-27-30-17-28(31(27)4)37(35,36)32-15-6-7-16-33-25(18-32)29(26(33)19-34)23-13-11-22(12-14-23)24-10-8-9-20(2)21(24)3/h6-14,17,25-26,29,34H,5,15-16,18-19H2,1-4H3/b7-6-/t25?,26-,29+/m1/s1. The molecule has 3 atom stereocenters. The van der Waals surface area contributed by atoms with Crippen LogP contribution in [0.5, 0.6) is 0 Å². The van der Waals surface area contributed by atoms with Crippen LogP contribution in [0.15, 0.2) is 65.8 Å². The Bertz CT molecular complexity index is 1410. The van der Waals surface area contributed by atoms with Crippen LogP contribution < -0.4 is 0 Å². The molecule has 8 heteroatoms. The molecule has 0 amide bonds. The number of aromatic nitrogens is 2. The fourth-order valence-electron chi connectivity index (χ4n) is 5.91. The SMILES string of the molecule is CCc1ncc(S(=O)(=O)N2C/C=C\CN3C(C2)[C@H](c2ccc(-c4cccc(C)c4C)cc2)[C@H]3CO)n1C. The van der Waals surface area contributed by atoms with E-state index in [0.29, 0.717) is 26.1 Å². The summed E-state index contributed by atoms with van der Waals surface area (Å²) in [5, 5.41) is 10.5. The summed E-state index contributed by atoms with van der Waals surface area (Å²) in [5.41, 5.74) is 6.04. The van der Waals surface area contributed by atoms with Crippen LogP contribution in [0.3, 0.4) is 0 Å². The van der Waals surface area contributed by atoms with Crippen LogP contribution >= 0.6 is 0 Å². The summed E-state index contributed by atoms with van der Waals surface area (Å²) in [7, 11) is -1.97. The summed E-state index contributed by atoms with van der Waals surface area (Å²) < 4.78 is 30.6. The van der Waals surface area contributed by atoms with Crippen molar-refractivity contribution < 1.29 is 13.5 Å². The highest BCUT2D eigenvalue weighted by Crippen LogP contribution is 2.42. The smallest absolute Gasteiger partial charge is 0.260 e. The molecule has 0 radical (unpaired) electrons. The van der Waals surface area contributed by atoms with E-state index in [2.05, 4.69) is 66.2 Å². The molecule has 0 aliphatic carbocycles. The number of aliphatic hydroxyl groups excluding tert-OH is 1. The van der Waals surface area contributed by atoms with Gasteiger partial charge in [-0.2, -0.15) is 4.31 Å². The summed E-state index contributed by atoms with van der Waals surface area (Å²) in [4.78, 5) is 6.54. The van der Waals surface area contributed by atoms with Gasteiger partial charge in [-0.1, -0.05) is 61.5 Å². The Kier molecular flexibility index (Phi) is 7.11. The van der Waals surface area contributed by atoms with Gasteiger partial charge in [0.15, 0.2) is 5.03 Å². The molecule has 3 aromatic rings. The van der Waals surface area contributed by atoms with Crippen LogP contribution in [-0.2, 0) is 23.5 Å². The zero-order valence-electron chi connectivity index (χ0n) is 22.0. The van der Waals surface area contributed by atoms with E-state index in [1.807, 2.05) is 19.1 Å². The van der Waals surface area contributed by atoms with Gasteiger partial charge in [-0.25, -0.2) is 13.4 Å². The van der Waals surface area contributed by atoms with Crippen LogP contribution in [0.4, 0.5) is 0 Å². The molecule has 0 bridgehead atoms. The lowest BCUT2D eigenvalue weighted by Gasteiger charge is -2.56. The van der Waals surface area contributed by atoms with Gasteiger partial charge in [-0.05, 0) is 41.7 Å². The number of aliphatic hydroxyl groups is 1. The number of imidazole rings is 1. The second-order valence-corrected chi connectivity index (χ2v) is 12.0. The van der Waals surface area contributed by atoms with E-state index in [0.717, 1.165) is 17.0 Å². The monoisotopic (exact) mass is 520 g/mol. The van der Waals surface area contributed by atoms with Crippen LogP contribution in [0.2, 0.25) is 0 Å². The number of hydrogen-bond acceptors (Lipinski definition) is 5. The van der Waals surface area contributed by atoms with Gasteiger partial charge in [0.2, 0.25) is 0 Å². The Balaban J connectivity index is 1.45. The lowest BCUT2D eigenvalue weighted by Crippen LogP contribution is -2.67. The van der Waals surface area contributed by atoms with E-state index in [1.165, 1.54) is 22.9 Å². The van der Waals surface area contributed by atoms with Gasteiger partial charge in [0.25, 0.3) is 10.0 Å². The molecule has 7 nitrogen and oxygen atoms in total. The third-order valence-electron chi connectivity index (χ3n) is 8.22. The van der Waals surface area contributed by atoms with Gasteiger partial charge in [-0.15, -0.1) is 0 Å². The van der Waals surface area contributed by atoms with Gasteiger partial charge in [0, 0.05) is 51.1 Å². The predicted molar refractivity (Wildman–Crippen MR) is 146 cm³/mol. The second-order valence-electron chi connectivity index (χ2n) is 10.1. The predicted octanol–water partition coefficient (Wildman–Crippen LogP) is 3.66. The minimum Gasteiger partial charge on any atom is -0.395 e. The lowest BCUT2D eigenvalue weighted by atomic mass is 9.74. The van der Waals surface area contributed by atoms with Crippen molar-refractivity contribution in [3.05, 3.63) is 83.3 Å². The first-order valence-electron chi connectivity index (χ1n) is 13.0. The summed E-state index contributed by atoms with van der Waals surface area (Å²) in [6.07, 6.45) is 6.05. The Hall–Kier alpha value is -2.78. The number of nitrogens with zero attached hydrogens (tertiary/aromatic N) is 4. The highest BCUT2D eigenvalue weighted by atomic mass is 32.2. The number of aryl methyl sites for hydroxylation is 2. The van der Waals surface area contributed by atoms with Crippen molar-refractivity contribution in [2.24, 2.45) is 7.05 Å². The second kappa shape index (κ2) is 10.2. The molecule has 0 saturated carbocycles. The van der Waals surface area contributed by atoms with E-state index >= 15 is 0 Å². The molecule has 2 aromatic carbocycles. The fourth-order valence-corrected chi connectivity index (χ4v) is 7.45. The molecule has 196 valence electrons. The Labute approximate surface area is 220 Å². The Morgan fingerprint density at radius 3 is 2.46 bits per heavy atom. The van der Waals surface area contributed by atoms with Crippen LogP contribution in [0, 0.1) is 13.8 Å². The first-order valence-corrected chi connectivity index (χ1v) is 14.4. The third-order valence-corrected chi connectivity index (χ3v) is 10.1. The van der Waals surface area contributed by atoms with E-state index in [9.17, 15) is 13.5 Å². The molecule has 2 aliphatic rings. The third kappa shape index (κ3) is 4.46. The Morgan fingerprint density at radius 2 is 1.78 bits per heavy atom. The number of sulfonamides is 1. The number of fused-ring (bicyclic) bond motifs is 1. The van der Waals surface area contributed by atoms with E-state index in [4.69, 9.17) is 0 Å². The fraction of sp³-hybridized carbons (Fsp3) is 0.414. The lowest BCUT2D eigenvalue weighted by molar-refractivity contribution is -0.0415. The van der Waals surface area contributed by atoms with E-state index < -0.39 is 10.0 Å². The van der Waals surface area contributed by atoms with Crippen LogP contribution in [0.1, 0.15) is 35.4 Å². The Morgan fingerprint density at radius 1 is 1.05 bits per heavy atom. The van der Waals surface area contributed by atoms with Crippen LogP contribution in [-0.4, -0.2) is 70.6 Å². The topological polar surface area (TPSA) is 78.7 Å². The van der Waals surface area contributed by atoms with Crippen molar-refractivity contribution in [2.75, 3.05) is 26.2 Å². The first-order chi connectivity index (χ1) is 17.8. The largest absolute Gasteiger partial charge is 0.395 e. The molecule has 37 heavy (non-hydrogen) atoms. The quantitative estimate of drug-likeness (QED) is 0.502. The molecular formula is C29H36N4O3S. The van der Waals surface area contributed by atoms with Gasteiger partial charge in [0.1, 0.15) is 5.82 Å². The molecule has 2 aliphatic heterocycles. The van der Waals surface area contributed by atoms with E-state index in [-0.39, 0.29) is 29.6 Å².